The van der Waals surface area contributed by atoms with Gasteiger partial charge in [0.2, 0.25) is 5.76 Å². The van der Waals surface area contributed by atoms with Gasteiger partial charge >= 0.3 is 5.97 Å². The van der Waals surface area contributed by atoms with Crippen LogP contribution < -0.4 is 0 Å². The van der Waals surface area contributed by atoms with E-state index in [4.69, 9.17) is 14.2 Å². The molecule has 4 unspecified atom stereocenters. The molecule has 0 spiro atoms. The fraction of sp³-hybridized carbons (Fsp3) is 0.722. The summed E-state index contributed by atoms with van der Waals surface area (Å²) in [4.78, 5) is 14.5. The summed E-state index contributed by atoms with van der Waals surface area (Å²) < 4.78 is 17.2. The fourth-order valence-electron chi connectivity index (χ4n) is 4.89. The van der Waals surface area contributed by atoms with Gasteiger partial charge in [0.1, 0.15) is 11.9 Å². The second-order valence-electron chi connectivity index (χ2n) is 7.15. The largest absolute Gasteiger partial charge is 0.492 e. The van der Waals surface area contributed by atoms with Crippen LogP contribution in [0.4, 0.5) is 0 Å². The van der Waals surface area contributed by atoms with Gasteiger partial charge in [0.15, 0.2) is 5.76 Å². The Kier molecular flexibility index (Phi) is 3.63. The Labute approximate surface area is 137 Å². The van der Waals surface area contributed by atoms with E-state index >= 15 is 0 Å². The first-order valence-electron chi connectivity index (χ1n) is 8.74. The van der Waals surface area contributed by atoms with E-state index in [1.807, 2.05) is 0 Å². The average molecular weight is 319 g/mol. The number of fused-ring (bicyclic) bond motifs is 3. The maximum absolute atomic E-state index is 11.9. The van der Waals surface area contributed by atoms with Crippen molar-refractivity contribution in [2.75, 3.05) is 20.2 Å². The molecule has 0 aromatic carbocycles. The number of allylic oxidation sites excluding steroid dienone is 1. The summed E-state index contributed by atoms with van der Waals surface area (Å²) in [5.74, 6) is 2.28. The normalized spacial score (nSPS) is 40.6. The Morgan fingerprint density at radius 3 is 2.70 bits per heavy atom. The number of carbonyl (C=O) groups is 1. The van der Waals surface area contributed by atoms with Crippen LogP contribution in [0.3, 0.4) is 0 Å². The highest BCUT2D eigenvalue weighted by Gasteiger charge is 2.50. The number of rotatable bonds is 1. The third kappa shape index (κ3) is 2.20. The van der Waals surface area contributed by atoms with Crippen molar-refractivity contribution in [1.29, 1.82) is 0 Å². The standard InChI is InChI=1S/C18H25NO4/c1-10-14-12-6-4-8-19(12)9-5-7-13(14)22-16(10)17-15(21-3)11(2)18(20)23-17/h10,12-14H,4-9H2,1-3H3/b17-16+. The fourth-order valence-corrected chi connectivity index (χ4v) is 4.89. The van der Waals surface area contributed by atoms with Crippen LogP contribution in [-0.4, -0.2) is 43.2 Å². The summed E-state index contributed by atoms with van der Waals surface area (Å²) >= 11 is 0. The minimum atomic E-state index is -0.324. The van der Waals surface area contributed by atoms with Gasteiger partial charge in [-0.25, -0.2) is 4.79 Å². The van der Waals surface area contributed by atoms with Gasteiger partial charge in [0.25, 0.3) is 0 Å². The van der Waals surface area contributed by atoms with Gasteiger partial charge in [0, 0.05) is 17.9 Å². The van der Waals surface area contributed by atoms with E-state index in [9.17, 15) is 4.79 Å². The number of cyclic esters (lactones) is 1. The second-order valence-corrected chi connectivity index (χ2v) is 7.15. The topological polar surface area (TPSA) is 48.0 Å². The van der Waals surface area contributed by atoms with E-state index in [0.29, 0.717) is 29.1 Å². The lowest BCUT2D eigenvalue weighted by molar-refractivity contribution is -0.133. The van der Waals surface area contributed by atoms with Crippen molar-refractivity contribution < 1.29 is 19.0 Å². The number of ether oxygens (including phenoxy) is 3. The Balaban J connectivity index is 1.71. The maximum atomic E-state index is 11.9. The molecule has 126 valence electrons. The van der Waals surface area contributed by atoms with Crippen LogP contribution in [0.25, 0.3) is 0 Å². The van der Waals surface area contributed by atoms with Gasteiger partial charge in [-0.05, 0) is 45.7 Å². The van der Waals surface area contributed by atoms with Crippen LogP contribution in [0.5, 0.6) is 0 Å². The van der Waals surface area contributed by atoms with Gasteiger partial charge in [-0.15, -0.1) is 0 Å². The van der Waals surface area contributed by atoms with Crippen LogP contribution in [0.15, 0.2) is 22.9 Å². The monoisotopic (exact) mass is 319 g/mol. The lowest BCUT2D eigenvalue weighted by Crippen LogP contribution is -2.38. The zero-order valence-electron chi connectivity index (χ0n) is 14.1. The molecule has 23 heavy (non-hydrogen) atoms. The van der Waals surface area contributed by atoms with Crippen LogP contribution >= 0.6 is 0 Å². The van der Waals surface area contributed by atoms with Crippen molar-refractivity contribution in [3.05, 3.63) is 22.9 Å². The molecule has 4 atom stereocenters. The van der Waals surface area contributed by atoms with E-state index in [0.717, 1.165) is 12.2 Å². The second kappa shape index (κ2) is 5.55. The van der Waals surface area contributed by atoms with Crippen molar-refractivity contribution in [2.24, 2.45) is 11.8 Å². The average Bonchev–Trinajstić information content (AvgIpc) is 3.15. The highest BCUT2D eigenvalue weighted by Crippen LogP contribution is 2.48. The predicted octanol–water partition coefficient (Wildman–Crippen LogP) is 2.58. The van der Waals surface area contributed by atoms with Crippen molar-refractivity contribution in [3.8, 4) is 0 Å². The van der Waals surface area contributed by atoms with Crippen LogP contribution in [-0.2, 0) is 19.0 Å². The van der Waals surface area contributed by atoms with Crippen LogP contribution in [0, 0.1) is 11.8 Å². The van der Waals surface area contributed by atoms with Crippen molar-refractivity contribution in [3.63, 3.8) is 0 Å². The highest BCUT2D eigenvalue weighted by atomic mass is 16.6. The maximum Gasteiger partial charge on any atom is 0.343 e. The summed E-state index contributed by atoms with van der Waals surface area (Å²) in [7, 11) is 1.58. The van der Waals surface area contributed by atoms with Crippen molar-refractivity contribution in [2.45, 2.75) is 51.7 Å². The van der Waals surface area contributed by atoms with Gasteiger partial charge < -0.3 is 14.2 Å². The number of hydrogen-bond acceptors (Lipinski definition) is 5. The molecule has 0 bridgehead atoms. The molecule has 0 aliphatic carbocycles. The number of nitrogens with zero attached hydrogens (tertiary/aromatic N) is 1. The van der Waals surface area contributed by atoms with E-state index in [-0.39, 0.29) is 18.0 Å². The van der Waals surface area contributed by atoms with Crippen LogP contribution in [0.1, 0.15) is 39.5 Å². The molecule has 3 fully saturated rings. The molecule has 3 saturated heterocycles. The number of carbonyl (C=O) groups excluding carboxylic acids is 1. The van der Waals surface area contributed by atoms with Gasteiger partial charge in [-0.1, -0.05) is 6.92 Å². The lowest BCUT2D eigenvalue weighted by Gasteiger charge is -2.29. The molecular weight excluding hydrogens is 294 g/mol. The first-order chi connectivity index (χ1) is 11.1. The first-order valence-corrected chi connectivity index (χ1v) is 8.74. The number of methoxy groups -OCH3 is 1. The number of hydrogen-bond donors (Lipinski definition) is 0. The molecular formula is C18H25NO4. The third-order valence-corrected chi connectivity index (χ3v) is 5.97. The molecule has 4 rings (SSSR count). The van der Waals surface area contributed by atoms with E-state index in [1.165, 1.54) is 32.4 Å². The minimum absolute atomic E-state index is 0.235. The molecule has 0 saturated carbocycles. The quantitative estimate of drug-likeness (QED) is 0.695. The number of esters is 1. The molecule has 4 heterocycles. The zero-order chi connectivity index (χ0) is 16.1. The summed E-state index contributed by atoms with van der Waals surface area (Å²) in [5.41, 5.74) is 0.528. The predicted molar refractivity (Wildman–Crippen MR) is 84.2 cm³/mol. The third-order valence-electron chi connectivity index (χ3n) is 5.97. The molecule has 0 aromatic heterocycles. The molecule has 0 aromatic rings. The summed E-state index contributed by atoms with van der Waals surface area (Å²) in [5, 5.41) is 0. The van der Waals surface area contributed by atoms with E-state index < -0.39 is 0 Å². The minimum Gasteiger partial charge on any atom is -0.492 e. The SMILES string of the molecule is COC1=C(C)C(=O)O/C1=C1/OC2CCCN3CCCC3C2C1C. The van der Waals surface area contributed by atoms with Crippen LogP contribution in [0.2, 0.25) is 0 Å². The summed E-state index contributed by atoms with van der Waals surface area (Å²) in [6.45, 7) is 6.36. The van der Waals surface area contributed by atoms with E-state index in [1.54, 1.807) is 14.0 Å². The Morgan fingerprint density at radius 2 is 1.96 bits per heavy atom. The smallest absolute Gasteiger partial charge is 0.343 e. The molecule has 4 aliphatic heterocycles. The molecule has 0 amide bonds. The molecule has 5 nitrogen and oxygen atoms in total. The molecule has 5 heteroatoms. The van der Waals surface area contributed by atoms with Crippen molar-refractivity contribution in [1.82, 2.24) is 4.90 Å². The van der Waals surface area contributed by atoms with Gasteiger partial charge in [0.05, 0.1) is 12.7 Å². The Hall–Kier alpha value is -1.49. The Bertz CT molecular complexity index is 594. The molecule has 0 N–H and O–H groups in total. The lowest BCUT2D eigenvalue weighted by atomic mass is 9.82. The molecule has 0 radical (unpaired) electrons. The summed E-state index contributed by atoms with van der Waals surface area (Å²) in [6, 6.07) is 0.601. The molecule has 4 aliphatic rings. The first kappa shape index (κ1) is 15.1. The van der Waals surface area contributed by atoms with Gasteiger partial charge in [-0.3, -0.25) is 4.90 Å². The summed E-state index contributed by atoms with van der Waals surface area (Å²) in [6.07, 6.45) is 5.03. The highest BCUT2D eigenvalue weighted by molar-refractivity contribution is 5.93. The van der Waals surface area contributed by atoms with E-state index in [2.05, 4.69) is 11.8 Å². The Morgan fingerprint density at radius 1 is 1.22 bits per heavy atom. The van der Waals surface area contributed by atoms with Crippen molar-refractivity contribution >= 4 is 5.97 Å². The zero-order valence-corrected chi connectivity index (χ0v) is 14.1. The van der Waals surface area contributed by atoms with Gasteiger partial charge in [-0.2, -0.15) is 0 Å².